The van der Waals surface area contributed by atoms with Crippen molar-refractivity contribution in [1.82, 2.24) is 0 Å². The minimum atomic E-state index is -4.64. The first-order chi connectivity index (χ1) is 7.78. The molecule has 0 amide bonds. The fourth-order valence-electron chi connectivity index (χ4n) is 1.38. The number of rotatable bonds is 4. The molecule has 0 fully saturated rings. The zero-order chi connectivity index (χ0) is 13.1. The summed E-state index contributed by atoms with van der Waals surface area (Å²) in [7, 11) is 0. The van der Waals surface area contributed by atoms with Crippen LogP contribution in [0, 0.1) is 5.92 Å². The fourth-order valence-corrected chi connectivity index (χ4v) is 1.38. The van der Waals surface area contributed by atoms with E-state index in [1.54, 1.807) is 12.1 Å². The molecule has 0 heterocycles. The molecule has 5 heteroatoms. The molecule has 0 bridgehead atoms. The highest BCUT2D eigenvalue weighted by atomic mass is 19.4. The largest absolute Gasteiger partial charge is 0.573 e. The first-order valence-electron chi connectivity index (χ1n) is 5.38. The van der Waals surface area contributed by atoms with E-state index < -0.39 is 6.36 Å². The minimum absolute atomic E-state index is 0.0566. The second-order valence-corrected chi connectivity index (χ2v) is 4.23. The Morgan fingerprint density at radius 2 is 1.71 bits per heavy atom. The maximum atomic E-state index is 11.9. The molecule has 0 saturated carbocycles. The maximum absolute atomic E-state index is 11.9. The smallest absolute Gasteiger partial charge is 0.406 e. The first kappa shape index (κ1) is 13.8. The molecule has 2 N–H and O–H groups in total. The van der Waals surface area contributed by atoms with Crippen LogP contribution in [0.2, 0.25) is 0 Å². The lowest BCUT2D eigenvalue weighted by Gasteiger charge is -2.15. The Morgan fingerprint density at radius 3 is 2.12 bits per heavy atom. The lowest BCUT2D eigenvalue weighted by atomic mass is 9.96. The lowest BCUT2D eigenvalue weighted by Crippen LogP contribution is -2.25. The fraction of sp³-hybridized carbons (Fsp3) is 0.500. The van der Waals surface area contributed by atoms with Gasteiger partial charge in [-0.15, -0.1) is 13.2 Å². The van der Waals surface area contributed by atoms with Crippen LogP contribution in [0.5, 0.6) is 5.75 Å². The van der Waals surface area contributed by atoms with Crippen molar-refractivity contribution in [2.24, 2.45) is 11.7 Å². The van der Waals surface area contributed by atoms with Crippen LogP contribution in [0.15, 0.2) is 24.3 Å². The predicted octanol–water partition coefficient (Wildman–Crippen LogP) is 3.11. The first-order valence-corrected chi connectivity index (χ1v) is 5.38. The number of halogens is 3. The summed E-state index contributed by atoms with van der Waals surface area (Å²) in [5.41, 5.74) is 6.67. The van der Waals surface area contributed by atoms with Crippen molar-refractivity contribution >= 4 is 0 Å². The number of hydrogen-bond acceptors (Lipinski definition) is 2. The Labute approximate surface area is 98.6 Å². The standard InChI is InChI=1S/C12H16F3NO/c1-8(9(2)16)7-10-3-5-11(6-4-10)17-12(13,14)15/h3-6,8-9H,7,16H2,1-2H3. The van der Waals surface area contributed by atoms with E-state index in [1.165, 1.54) is 12.1 Å². The molecule has 0 aliphatic carbocycles. The highest BCUT2D eigenvalue weighted by Crippen LogP contribution is 2.23. The Hall–Kier alpha value is -1.23. The van der Waals surface area contributed by atoms with E-state index >= 15 is 0 Å². The van der Waals surface area contributed by atoms with E-state index in [4.69, 9.17) is 5.73 Å². The zero-order valence-corrected chi connectivity index (χ0v) is 9.79. The van der Waals surface area contributed by atoms with Gasteiger partial charge in [0.2, 0.25) is 0 Å². The van der Waals surface area contributed by atoms with Crippen molar-refractivity contribution in [1.29, 1.82) is 0 Å². The molecule has 0 radical (unpaired) electrons. The Kier molecular flexibility index (Phi) is 4.40. The molecule has 1 rings (SSSR count). The summed E-state index contributed by atoms with van der Waals surface area (Å²) in [5.74, 6) is 0.0825. The molecular formula is C12H16F3NO. The predicted molar refractivity (Wildman–Crippen MR) is 59.6 cm³/mol. The molecule has 2 atom stereocenters. The average molecular weight is 247 g/mol. The van der Waals surface area contributed by atoms with Crippen LogP contribution < -0.4 is 10.5 Å². The van der Waals surface area contributed by atoms with Gasteiger partial charge in [-0.25, -0.2) is 0 Å². The molecule has 96 valence electrons. The van der Waals surface area contributed by atoms with Crippen LogP contribution in [-0.2, 0) is 6.42 Å². The summed E-state index contributed by atoms with van der Waals surface area (Å²) < 4.78 is 39.5. The van der Waals surface area contributed by atoms with Gasteiger partial charge < -0.3 is 10.5 Å². The van der Waals surface area contributed by atoms with Crippen LogP contribution in [0.1, 0.15) is 19.4 Å². The van der Waals surface area contributed by atoms with Gasteiger partial charge in [0, 0.05) is 6.04 Å². The van der Waals surface area contributed by atoms with Crippen molar-refractivity contribution in [2.75, 3.05) is 0 Å². The van der Waals surface area contributed by atoms with Gasteiger partial charge in [-0.05, 0) is 37.0 Å². The number of ether oxygens (including phenoxy) is 1. The van der Waals surface area contributed by atoms with Gasteiger partial charge in [0.25, 0.3) is 0 Å². The minimum Gasteiger partial charge on any atom is -0.406 e. The Balaban J connectivity index is 2.62. The van der Waals surface area contributed by atoms with Crippen LogP contribution in [0.25, 0.3) is 0 Å². The van der Waals surface area contributed by atoms with Crippen molar-refractivity contribution in [3.63, 3.8) is 0 Å². The van der Waals surface area contributed by atoms with Crippen LogP contribution in [0.3, 0.4) is 0 Å². The van der Waals surface area contributed by atoms with Crippen molar-refractivity contribution in [3.05, 3.63) is 29.8 Å². The summed E-state index contributed by atoms with van der Waals surface area (Å²) >= 11 is 0. The van der Waals surface area contributed by atoms with Gasteiger partial charge in [0.15, 0.2) is 0 Å². The third-order valence-corrected chi connectivity index (χ3v) is 2.61. The average Bonchev–Trinajstić information content (AvgIpc) is 2.18. The van der Waals surface area contributed by atoms with E-state index in [1.807, 2.05) is 13.8 Å². The molecule has 2 nitrogen and oxygen atoms in total. The third kappa shape index (κ3) is 5.08. The van der Waals surface area contributed by atoms with Gasteiger partial charge in [0.05, 0.1) is 0 Å². The normalized spacial score (nSPS) is 15.4. The lowest BCUT2D eigenvalue weighted by molar-refractivity contribution is -0.274. The van der Waals surface area contributed by atoms with E-state index in [0.717, 1.165) is 12.0 Å². The Bertz CT molecular complexity index is 346. The topological polar surface area (TPSA) is 35.2 Å². The summed E-state index contributed by atoms with van der Waals surface area (Å²) in [5, 5.41) is 0. The van der Waals surface area contributed by atoms with Gasteiger partial charge >= 0.3 is 6.36 Å². The van der Waals surface area contributed by atoms with Gasteiger partial charge in [-0.3, -0.25) is 0 Å². The molecule has 2 unspecified atom stereocenters. The molecule has 0 aromatic heterocycles. The Morgan fingerprint density at radius 1 is 1.18 bits per heavy atom. The van der Waals surface area contributed by atoms with Crippen molar-refractivity contribution in [3.8, 4) is 5.75 Å². The molecular weight excluding hydrogens is 231 g/mol. The highest BCUT2D eigenvalue weighted by molar-refractivity contribution is 5.27. The second-order valence-electron chi connectivity index (χ2n) is 4.23. The maximum Gasteiger partial charge on any atom is 0.573 e. The number of alkyl halides is 3. The van der Waals surface area contributed by atoms with Crippen molar-refractivity contribution < 1.29 is 17.9 Å². The number of hydrogen-bond donors (Lipinski definition) is 1. The van der Waals surface area contributed by atoms with E-state index in [9.17, 15) is 13.2 Å². The van der Waals surface area contributed by atoms with E-state index in [2.05, 4.69) is 4.74 Å². The van der Waals surface area contributed by atoms with E-state index in [0.29, 0.717) is 0 Å². The molecule has 0 aliphatic heterocycles. The number of benzene rings is 1. The molecule has 1 aromatic carbocycles. The van der Waals surface area contributed by atoms with Gasteiger partial charge in [-0.2, -0.15) is 0 Å². The zero-order valence-electron chi connectivity index (χ0n) is 9.79. The monoisotopic (exact) mass is 247 g/mol. The molecule has 0 saturated heterocycles. The summed E-state index contributed by atoms with van der Waals surface area (Å²) in [4.78, 5) is 0. The van der Waals surface area contributed by atoms with Crippen LogP contribution >= 0.6 is 0 Å². The number of nitrogens with two attached hydrogens (primary N) is 1. The van der Waals surface area contributed by atoms with Crippen LogP contribution in [0.4, 0.5) is 13.2 Å². The summed E-state index contributed by atoms with van der Waals surface area (Å²) in [6.07, 6.45) is -3.90. The SMILES string of the molecule is CC(N)C(C)Cc1ccc(OC(F)(F)F)cc1. The van der Waals surface area contributed by atoms with E-state index in [-0.39, 0.29) is 17.7 Å². The third-order valence-electron chi connectivity index (χ3n) is 2.61. The molecule has 0 spiro atoms. The molecule has 1 aromatic rings. The summed E-state index contributed by atoms with van der Waals surface area (Å²) in [6, 6.07) is 5.94. The van der Waals surface area contributed by atoms with Crippen molar-refractivity contribution in [2.45, 2.75) is 32.7 Å². The van der Waals surface area contributed by atoms with Gasteiger partial charge in [-0.1, -0.05) is 19.1 Å². The van der Waals surface area contributed by atoms with Crippen LogP contribution in [-0.4, -0.2) is 12.4 Å². The molecule has 17 heavy (non-hydrogen) atoms. The highest BCUT2D eigenvalue weighted by Gasteiger charge is 2.30. The quantitative estimate of drug-likeness (QED) is 0.887. The van der Waals surface area contributed by atoms with Gasteiger partial charge in [0.1, 0.15) is 5.75 Å². The second kappa shape index (κ2) is 5.40. The molecule has 0 aliphatic rings. The summed E-state index contributed by atoms with van der Waals surface area (Å²) in [6.45, 7) is 3.91.